The van der Waals surface area contributed by atoms with Crippen molar-refractivity contribution in [1.82, 2.24) is 20.2 Å². The zero-order valence-electron chi connectivity index (χ0n) is 13.0. The zero-order chi connectivity index (χ0) is 15.3. The summed E-state index contributed by atoms with van der Waals surface area (Å²) in [6.45, 7) is 9.52. The van der Waals surface area contributed by atoms with Crippen LogP contribution in [0.5, 0.6) is 0 Å². The van der Waals surface area contributed by atoms with Crippen LogP contribution >= 0.6 is 0 Å². The van der Waals surface area contributed by atoms with Gasteiger partial charge in [0.2, 0.25) is 0 Å². The predicted molar refractivity (Wildman–Crippen MR) is 80.6 cm³/mol. The molecule has 1 aromatic rings. The van der Waals surface area contributed by atoms with Crippen molar-refractivity contribution in [1.29, 1.82) is 0 Å². The lowest BCUT2D eigenvalue weighted by atomic mass is 10.2. The van der Waals surface area contributed by atoms with Gasteiger partial charge in [0, 0.05) is 25.0 Å². The number of aromatic nitrogens is 2. The lowest BCUT2D eigenvalue weighted by molar-refractivity contribution is 0.0943. The summed E-state index contributed by atoms with van der Waals surface area (Å²) in [4.78, 5) is 22.6. The van der Waals surface area contributed by atoms with E-state index in [-0.39, 0.29) is 17.5 Å². The van der Waals surface area contributed by atoms with E-state index in [1.54, 1.807) is 0 Å². The Morgan fingerprint density at radius 3 is 2.60 bits per heavy atom. The van der Waals surface area contributed by atoms with E-state index in [9.17, 15) is 4.79 Å². The maximum Gasteiger partial charge on any atom is 0.272 e. The third-order valence-corrected chi connectivity index (χ3v) is 3.20. The fourth-order valence-corrected chi connectivity index (χ4v) is 1.55. The minimum absolute atomic E-state index is 0.161. The van der Waals surface area contributed by atoms with Gasteiger partial charge in [-0.05, 0) is 20.9 Å². The number of nitrogens with zero attached hydrogens (tertiary/aromatic N) is 3. The van der Waals surface area contributed by atoms with Gasteiger partial charge in [0.25, 0.3) is 5.91 Å². The van der Waals surface area contributed by atoms with Crippen molar-refractivity contribution in [3.63, 3.8) is 0 Å². The minimum Gasteiger partial charge on any atom is -0.396 e. The van der Waals surface area contributed by atoms with E-state index in [2.05, 4.69) is 34.0 Å². The fourth-order valence-electron chi connectivity index (χ4n) is 1.55. The largest absolute Gasteiger partial charge is 0.396 e. The van der Waals surface area contributed by atoms with Crippen LogP contribution < -0.4 is 11.1 Å². The standard InChI is InChI=1S/C14H25N5O/c1-9(2)13-17-8-11(15)12(18-13)14(20)16-6-7-19(5)10(3)4/h8-10H,6-7,15H2,1-5H3,(H,16,20). The first-order valence-electron chi connectivity index (χ1n) is 6.93. The molecular weight excluding hydrogens is 254 g/mol. The first kappa shape index (κ1) is 16.4. The van der Waals surface area contributed by atoms with Crippen molar-refractivity contribution >= 4 is 11.6 Å². The molecule has 0 aromatic carbocycles. The highest BCUT2D eigenvalue weighted by atomic mass is 16.1. The van der Waals surface area contributed by atoms with Crippen LogP contribution in [-0.4, -0.2) is 47.0 Å². The van der Waals surface area contributed by atoms with E-state index in [0.29, 0.717) is 24.1 Å². The number of hydrogen-bond donors (Lipinski definition) is 2. The molecule has 0 bridgehead atoms. The molecular formula is C14H25N5O. The smallest absolute Gasteiger partial charge is 0.272 e. The van der Waals surface area contributed by atoms with Gasteiger partial charge >= 0.3 is 0 Å². The normalized spacial score (nSPS) is 11.4. The van der Waals surface area contributed by atoms with Crippen molar-refractivity contribution in [3.05, 3.63) is 17.7 Å². The van der Waals surface area contributed by atoms with Gasteiger partial charge in [-0.15, -0.1) is 0 Å². The molecule has 0 aliphatic rings. The predicted octanol–water partition coefficient (Wildman–Crippen LogP) is 1.25. The van der Waals surface area contributed by atoms with Gasteiger partial charge in [-0.25, -0.2) is 9.97 Å². The van der Waals surface area contributed by atoms with Crippen LogP contribution in [0.2, 0.25) is 0 Å². The van der Waals surface area contributed by atoms with E-state index >= 15 is 0 Å². The Morgan fingerprint density at radius 2 is 2.05 bits per heavy atom. The zero-order valence-corrected chi connectivity index (χ0v) is 13.0. The maximum atomic E-state index is 12.1. The van der Waals surface area contributed by atoms with Crippen LogP contribution in [-0.2, 0) is 0 Å². The van der Waals surface area contributed by atoms with Gasteiger partial charge < -0.3 is 16.0 Å². The van der Waals surface area contributed by atoms with Crippen LogP contribution in [0, 0.1) is 0 Å². The summed E-state index contributed by atoms with van der Waals surface area (Å²) < 4.78 is 0. The monoisotopic (exact) mass is 279 g/mol. The molecule has 1 rings (SSSR count). The van der Waals surface area contributed by atoms with Gasteiger partial charge in [0.1, 0.15) is 5.82 Å². The number of nitrogens with two attached hydrogens (primary N) is 1. The number of nitrogen functional groups attached to an aromatic ring is 1. The molecule has 6 nitrogen and oxygen atoms in total. The van der Waals surface area contributed by atoms with E-state index < -0.39 is 0 Å². The molecule has 0 atom stereocenters. The van der Waals surface area contributed by atoms with Crippen molar-refractivity contribution in [2.24, 2.45) is 0 Å². The van der Waals surface area contributed by atoms with E-state index in [0.717, 1.165) is 6.54 Å². The van der Waals surface area contributed by atoms with Crippen LogP contribution in [0.15, 0.2) is 6.20 Å². The second kappa shape index (κ2) is 7.19. The van der Waals surface area contributed by atoms with Crippen LogP contribution in [0.25, 0.3) is 0 Å². The van der Waals surface area contributed by atoms with Gasteiger partial charge in [0.05, 0.1) is 11.9 Å². The molecule has 1 aromatic heterocycles. The Kier molecular flexibility index (Phi) is 5.88. The Balaban J connectivity index is 2.65. The van der Waals surface area contributed by atoms with E-state index in [4.69, 9.17) is 5.73 Å². The van der Waals surface area contributed by atoms with Crippen LogP contribution in [0.4, 0.5) is 5.69 Å². The highest BCUT2D eigenvalue weighted by Gasteiger charge is 2.14. The topological polar surface area (TPSA) is 84.1 Å². The van der Waals surface area contributed by atoms with Crippen LogP contribution in [0.3, 0.4) is 0 Å². The van der Waals surface area contributed by atoms with Gasteiger partial charge in [-0.3, -0.25) is 4.79 Å². The Morgan fingerprint density at radius 1 is 1.40 bits per heavy atom. The average molecular weight is 279 g/mol. The third-order valence-electron chi connectivity index (χ3n) is 3.20. The first-order chi connectivity index (χ1) is 9.32. The summed E-state index contributed by atoms with van der Waals surface area (Å²) in [6.07, 6.45) is 1.50. The molecule has 3 N–H and O–H groups in total. The Labute approximate surface area is 120 Å². The van der Waals surface area contributed by atoms with Crippen molar-refractivity contribution in [3.8, 4) is 0 Å². The molecule has 0 saturated heterocycles. The highest BCUT2D eigenvalue weighted by molar-refractivity contribution is 5.96. The number of rotatable bonds is 6. The molecule has 0 radical (unpaired) electrons. The quantitative estimate of drug-likeness (QED) is 0.819. The summed E-state index contributed by atoms with van der Waals surface area (Å²) in [5.74, 6) is 0.543. The second-order valence-corrected chi connectivity index (χ2v) is 5.52. The number of amides is 1. The number of likely N-dealkylation sites (N-methyl/N-ethyl adjacent to an activating group) is 1. The summed E-state index contributed by atoms with van der Waals surface area (Å²) in [6, 6.07) is 0.448. The van der Waals surface area contributed by atoms with Crippen molar-refractivity contribution < 1.29 is 4.79 Å². The molecule has 0 aliphatic heterocycles. The summed E-state index contributed by atoms with van der Waals surface area (Å²) in [5.41, 5.74) is 6.34. The SMILES string of the molecule is CC(C)c1ncc(N)c(C(=O)NCCN(C)C(C)C)n1. The van der Waals surface area contributed by atoms with Crippen molar-refractivity contribution in [2.75, 3.05) is 25.9 Å². The summed E-state index contributed by atoms with van der Waals surface area (Å²) in [5, 5.41) is 2.84. The minimum atomic E-state index is -0.246. The van der Waals surface area contributed by atoms with E-state index in [1.165, 1.54) is 6.20 Å². The van der Waals surface area contributed by atoms with Gasteiger partial charge in [-0.1, -0.05) is 13.8 Å². The molecule has 0 aliphatic carbocycles. The number of nitrogens with one attached hydrogen (secondary N) is 1. The number of anilines is 1. The molecule has 20 heavy (non-hydrogen) atoms. The Hall–Kier alpha value is -1.69. The number of carbonyl (C=O) groups excluding carboxylic acids is 1. The van der Waals surface area contributed by atoms with Crippen LogP contribution in [0.1, 0.15) is 49.9 Å². The maximum absolute atomic E-state index is 12.1. The van der Waals surface area contributed by atoms with Gasteiger partial charge in [0.15, 0.2) is 5.69 Å². The summed E-state index contributed by atoms with van der Waals surface area (Å²) in [7, 11) is 2.02. The van der Waals surface area contributed by atoms with E-state index in [1.807, 2.05) is 20.9 Å². The molecule has 1 amide bonds. The highest BCUT2D eigenvalue weighted by Crippen LogP contribution is 2.13. The molecule has 0 unspecified atom stereocenters. The molecule has 0 saturated carbocycles. The summed E-state index contributed by atoms with van der Waals surface area (Å²) >= 11 is 0. The molecule has 0 spiro atoms. The fraction of sp³-hybridized carbons (Fsp3) is 0.643. The third kappa shape index (κ3) is 4.45. The molecule has 0 fully saturated rings. The Bertz CT molecular complexity index is 459. The van der Waals surface area contributed by atoms with Crippen molar-refractivity contribution in [2.45, 2.75) is 39.7 Å². The second-order valence-electron chi connectivity index (χ2n) is 5.52. The molecule has 1 heterocycles. The lowest BCUT2D eigenvalue weighted by Crippen LogP contribution is -2.36. The number of carbonyl (C=O) groups is 1. The number of hydrogen-bond acceptors (Lipinski definition) is 5. The lowest BCUT2D eigenvalue weighted by Gasteiger charge is -2.20. The molecule has 112 valence electrons. The average Bonchev–Trinajstić information content (AvgIpc) is 2.38. The molecule has 6 heteroatoms. The van der Waals surface area contributed by atoms with Gasteiger partial charge in [-0.2, -0.15) is 0 Å². The first-order valence-corrected chi connectivity index (χ1v) is 6.93.